The molecule has 0 aromatic carbocycles. The minimum absolute atomic E-state index is 0.0812. The summed E-state index contributed by atoms with van der Waals surface area (Å²) in [7, 11) is 0. The van der Waals surface area contributed by atoms with Gasteiger partial charge in [0.15, 0.2) is 5.69 Å². The summed E-state index contributed by atoms with van der Waals surface area (Å²) < 4.78 is 11.5. The zero-order valence-corrected chi connectivity index (χ0v) is 18.5. The van der Waals surface area contributed by atoms with Gasteiger partial charge in [-0.2, -0.15) is 9.97 Å². The SMILES string of the molecule is CCOc1ncnc(OCC)c1N(CCCCN1CCC(N)CC1)C(=O)C1CCC1. The van der Waals surface area contributed by atoms with E-state index in [1.807, 2.05) is 18.7 Å². The molecule has 2 fully saturated rings. The monoisotopic (exact) mass is 419 g/mol. The number of nitrogens with zero attached hydrogens (tertiary/aromatic N) is 4. The van der Waals surface area contributed by atoms with Crippen molar-refractivity contribution in [3.8, 4) is 11.8 Å². The van der Waals surface area contributed by atoms with Gasteiger partial charge in [0, 0.05) is 18.5 Å². The summed E-state index contributed by atoms with van der Waals surface area (Å²) >= 11 is 0. The Labute approximate surface area is 180 Å². The third-order valence-electron chi connectivity index (χ3n) is 6.05. The van der Waals surface area contributed by atoms with Gasteiger partial charge in [-0.1, -0.05) is 6.42 Å². The van der Waals surface area contributed by atoms with Gasteiger partial charge in [-0.05, 0) is 72.0 Å². The van der Waals surface area contributed by atoms with Crippen LogP contribution in [0.2, 0.25) is 0 Å². The van der Waals surface area contributed by atoms with Gasteiger partial charge in [-0.3, -0.25) is 4.79 Å². The minimum Gasteiger partial charge on any atom is -0.476 e. The molecule has 1 amide bonds. The summed E-state index contributed by atoms with van der Waals surface area (Å²) in [4.78, 5) is 26.2. The highest BCUT2D eigenvalue weighted by molar-refractivity contribution is 5.97. The molecule has 3 rings (SSSR count). The topological polar surface area (TPSA) is 93.8 Å². The fraction of sp³-hybridized carbons (Fsp3) is 0.773. The summed E-state index contributed by atoms with van der Waals surface area (Å²) in [5.74, 6) is 1.07. The van der Waals surface area contributed by atoms with Crippen LogP contribution >= 0.6 is 0 Å². The molecular formula is C22H37N5O3. The van der Waals surface area contributed by atoms with Crippen molar-refractivity contribution in [3.63, 3.8) is 0 Å². The Hall–Kier alpha value is -1.93. The summed E-state index contributed by atoms with van der Waals surface area (Å²) in [6.07, 6.45) is 8.54. The average molecular weight is 420 g/mol. The molecule has 0 atom stereocenters. The number of hydrogen-bond acceptors (Lipinski definition) is 7. The summed E-state index contributed by atoms with van der Waals surface area (Å²) in [6.45, 7) is 8.57. The molecule has 0 bridgehead atoms. The lowest BCUT2D eigenvalue weighted by Gasteiger charge is -2.33. The van der Waals surface area contributed by atoms with Gasteiger partial charge >= 0.3 is 0 Å². The van der Waals surface area contributed by atoms with Crippen LogP contribution in [0.3, 0.4) is 0 Å². The van der Waals surface area contributed by atoms with Crippen LogP contribution in [0.15, 0.2) is 6.33 Å². The highest BCUT2D eigenvalue weighted by Gasteiger charge is 2.34. The Kier molecular flexibility index (Phi) is 8.69. The van der Waals surface area contributed by atoms with Crippen molar-refractivity contribution >= 4 is 11.6 Å². The summed E-state index contributed by atoms with van der Waals surface area (Å²) in [5, 5.41) is 0. The zero-order chi connectivity index (χ0) is 21.3. The Morgan fingerprint density at radius 2 is 1.73 bits per heavy atom. The normalized spacial score (nSPS) is 18.1. The van der Waals surface area contributed by atoms with E-state index < -0.39 is 0 Å². The van der Waals surface area contributed by atoms with E-state index in [9.17, 15) is 4.79 Å². The molecule has 1 saturated carbocycles. The number of ether oxygens (including phenoxy) is 2. The fourth-order valence-electron chi connectivity index (χ4n) is 4.05. The predicted octanol–water partition coefficient (Wildman–Crippen LogP) is 2.61. The number of hydrogen-bond donors (Lipinski definition) is 1. The Morgan fingerprint density at radius 3 is 2.27 bits per heavy atom. The molecule has 1 saturated heterocycles. The smallest absolute Gasteiger partial charge is 0.245 e. The van der Waals surface area contributed by atoms with Crippen molar-refractivity contribution in [2.75, 3.05) is 44.3 Å². The van der Waals surface area contributed by atoms with E-state index in [0.29, 0.717) is 43.2 Å². The Morgan fingerprint density at radius 1 is 1.10 bits per heavy atom. The minimum atomic E-state index is 0.0812. The number of unbranched alkanes of at least 4 members (excludes halogenated alkanes) is 1. The van der Waals surface area contributed by atoms with Crippen molar-refractivity contribution in [1.29, 1.82) is 0 Å². The molecule has 8 heteroatoms. The third-order valence-corrected chi connectivity index (χ3v) is 6.05. The number of carbonyl (C=O) groups excluding carboxylic acids is 1. The number of nitrogens with two attached hydrogens (primary N) is 1. The molecule has 1 aromatic rings. The van der Waals surface area contributed by atoms with Crippen LogP contribution in [-0.4, -0.2) is 66.2 Å². The molecule has 0 unspecified atom stereocenters. The number of piperidine rings is 1. The van der Waals surface area contributed by atoms with E-state index in [4.69, 9.17) is 15.2 Å². The number of rotatable bonds is 11. The van der Waals surface area contributed by atoms with E-state index in [0.717, 1.165) is 64.6 Å². The lowest BCUT2D eigenvalue weighted by Crippen LogP contribution is -2.41. The molecule has 168 valence electrons. The molecule has 8 nitrogen and oxygen atoms in total. The van der Waals surface area contributed by atoms with Gasteiger partial charge in [0.2, 0.25) is 17.7 Å². The van der Waals surface area contributed by atoms with Crippen molar-refractivity contribution in [2.24, 2.45) is 11.7 Å². The highest BCUT2D eigenvalue weighted by Crippen LogP contribution is 2.38. The maximum absolute atomic E-state index is 13.3. The van der Waals surface area contributed by atoms with Crippen LogP contribution in [-0.2, 0) is 4.79 Å². The van der Waals surface area contributed by atoms with Gasteiger partial charge in [0.25, 0.3) is 0 Å². The van der Waals surface area contributed by atoms with E-state index in [1.165, 1.54) is 6.33 Å². The first kappa shape index (κ1) is 22.7. The van der Waals surface area contributed by atoms with Gasteiger partial charge in [-0.15, -0.1) is 0 Å². The second-order valence-corrected chi connectivity index (χ2v) is 8.20. The number of amides is 1. The standard InChI is InChI=1S/C22H37N5O3/c1-3-29-20-19(21(30-4-2)25-16-24-20)27(22(28)17-8-7-9-17)13-6-5-12-26-14-10-18(23)11-15-26/h16-18H,3-15,23H2,1-2H3. The quantitative estimate of drug-likeness (QED) is 0.551. The molecule has 1 aliphatic heterocycles. The highest BCUT2D eigenvalue weighted by atomic mass is 16.5. The molecule has 2 heterocycles. The number of likely N-dealkylation sites (tertiary alicyclic amines) is 1. The van der Waals surface area contributed by atoms with E-state index in [2.05, 4.69) is 14.9 Å². The number of aromatic nitrogens is 2. The second-order valence-electron chi connectivity index (χ2n) is 8.20. The lowest BCUT2D eigenvalue weighted by molar-refractivity contribution is -0.124. The van der Waals surface area contributed by atoms with E-state index in [1.54, 1.807) is 0 Å². The summed E-state index contributed by atoms with van der Waals surface area (Å²) in [5.41, 5.74) is 6.59. The largest absolute Gasteiger partial charge is 0.476 e. The maximum Gasteiger partial charge on any atom is 0.245 e. The molecule has 2 N–H and O–H groups in total. The summed E-state index contributed by atoms with van der Waals surface area (Å²) in [6, 6.07) is 0.351. The van der Waals surface area contributed by atoms with E-state index >= 15 is 0 Å². The van der Waals surface area contributed by atoms with Crippen LogP contribution < -0.4 is 20.1 Å². The number of carbonyl (C=O) groups is 1. The predicted molar refractivity (Wildman–Crippen MR) is 117 cm³/mol. The van der Waals surface area contributed by atoms with Crippen molar-refractivity contribution in [3.05, 3.63) is 6.33 Å². The first-order chi connectivity index (χ1) is 14.6. The van der Waals surface area contributed by atoms with Gasteiger partial charge < -0.3 is 25.0 Å². The van der Waals surface area contributed by atoms with Crippen LogP contribution in [0.25, 0.3) is 0 Å². The van der Waals surface area contributed by atoms with Gasteiger partial charge in [0.05, 0.1) is 13.2 Å². The third kappa shape index (κ3) is 5.82. The first-order valence-electron chi connectivity index (χ1n) is 11.5. The second kappa shape index (κ2) is 11.5. The van der Waals surface area contributed by atoms with Crippen molar-refractivity contribution < 1.29 is 14.3 Å². The van der Waals surface area contributed by atoms with Gasteiger partial charge in [0.1, 0.15) is 6.33 Å². The Balaban J connectivity index is 1.70. The molecule has 0 spiro atoms. The maximum atomic E-state index is 13.3. The van der Waals surface area contributed by atoms with Gasteiger partial charge in [-0.25, -0.2) is 0 Å². The molecule has 1 aliphatic carbocycles. The molecule has 0 radical (unpaired) electrons. The lowest BCUT2D eigenvalue weighted by atomic mass is 9.84. The van der Waals surface area contributed by atoms with E-state index in [-0.39, 0.29) is 11.8 Å². The zero-order valence-electron chi connectivity index (χ0n) is 18.5. The first-order valence-corrected chi connectivity index (χ1v) is 11.5. The van der Waals surface area contributed by atoms with Crippen LogP contribution in [0.4, 0.5) is 5.69 Å². The van der Waals surface area contributed by atoms with Crippen LogP contribution in [0, 0.1) is 5.92 Å². The molecule has 30 heavy (non-hydrogen) atoms. The molecule has 1 aromatic heterocycles. The van der Waals surface area contributed by atoms with Crippen molar-refractivity contribution in [2.45, 2.75) is 64.8 Å². The van der Waals surface area contributed by atoms with Crippen LogP contribution in [0.1, 0.15) is 58.8 Å². The fourth-order valence-corrected chi connectivity index (χ4v) is 4.05. The average Bonchev–Trinajstić information content (AvgIpc) is 2.69. The van der Waals surface area contributed by atoms with Crippen molar-refractivity contribution in [1.82, 2.24) is 14.9 Å². The van der Waals surface area contributed by atoms with Crippen LogP contribution in [0.5, 0.6) is 11.8 Å². The Bertz CT molecular complexity index is 650. The number of anilines is 1. The molecular weight excluding hydrogens is 382 g/mol. The molecule has 2 aliphatic rings.